The number of nitrogens with zero attached hydrogens (tertiary/aromatic N) is 2. The highest BCUT2D eigenvalue weighted by Crippen LogP contribution is 2.22. The summed E-state index contributed by atoms with van der Waals surface area (Å²) < 4.78 is 5.26. The third-order valence-corrected chi connectivity index (χ3v) is 3.92. The van der Waals surface area contributed by atoms with Gasteiger partial charge in [0.15, 0.2) is 0 Å². The highest BCUT2D eigenvalue weighted by Gasteiger charge is 2.24. The highest BCUT2D eigenvalue weighted by molar-refractivity contribution is 5.20. The van der Waals surface area contributed by atoms with Crippen LogP contribution in [0.2, 0.25) is 0 Å². The molecule has 1 atom stereocenters. The van der Waals surface area contributed by atoms with Crippen molar-refractivity contribution in [3.05, 3.63) is 17.0 Å². The summed E-state index contributed by atoms with van der Waals surface area (Å²) in [6.45, 7) is 10.5. The van der Waals surface area contributed by atoms with Crippen molar-refractivity contribution in [2.24, 2.45) is 0 Å². The standard InChI is InChI=1S/C14H25N3O/c1-4-15-9-13-7-5-6-8-17(13)10-14-11(2)16-18-12(14)3/h13,15H,4-10H2,1-3H3. The first-order chi connectivity index (χ1) is 8.72. The Morgan fingerprint density at radius 3 is 2.89 bits per heavy atom. The van der Waals surface area contributed by atoms with Crippen LogP contribution in [-0.2, 0) is 6.54 Å². The van der Waals surface area contributed by atoms with Crippen molar-refractivity contribution in [1.29, 1.82) is 0 Å². The maximum atomic E-state index is 5.26. The largest absolute Gasteiger partial charge is 0.361 e. The predicted octanol–water partition coefficient (Wildman–Crippen LogP) is 2.26. The SMILES string of the molecule is CCNCC1CCCCN1Cc1c(C)noc1C. The number of nitrogens with one attached hydrogen (secondary N) is 1. The summed E-state index contributed by atoms with van der Waals surface area (Å²) in [5.41, 5.74) is 2.32. The van der Waals surface area contributed by atoms with Crippen molar-refractivity contribution in [1.82, 2.24) is 15.4 Å². The van der Waals surface area contributed by atoms with Crippen molar-refractivity contribution in [3.63, 3.8) is 0 Å². The molecule has 2 rings (SSSR count). The molecule has 1 saturated heterocycles. The molecular formula is C14H25N3O. The van der Waals surface area contributed by atoms with Crippen molar-refractivity contribution in [3.8, 4) is 0 Å². The molecule has 0 aromatic carbocycles. The molecule has 0 spiro atoms. The maximum absolute atomic E-state index is 5.26. The minimum Gasteiger partial charge on any atom is -0.361 e. The summed E-state index contributed by atoms with van der Waals surface area (Å²) in [5, 5.41) is 7.53. The Hall–Kier alpha value is -0.870. The summed E-state index contributed by atoms with van der Waals surface area (Å²) in [5.74, 6) is 0.972. The molecular weight excluding hydrogens is 226 g/mol. The third-order valence-electron chi connectivity index (χ3n) is 3.92. The van der Waals surface area contributed by atoms with Crippen LogP contribution in [0.4, 0.5) is 0 Å². The summed E-state index contributed by atoms with van der Waals surface area (Å²) >= 11 is 0. The summed E-state index contributed by atoms with van der Waals surface area (Å²) in [6.07, 6.45) is 3.97. The zero-order chi connectivity index (χ0) is 13.0. The van der Waals surface area contributed by atoms with Gasteiger partial charge >= 0.3 is 0 Å². The van der Waals surface area contributed by atoms with E-state index in [2.05, 4.69) is 22.3 Å². The molecule has 1 aliphatic rings. The summed E-state index contributed by atoms with van der Waals surface area (Å²) in [4.78, 5) is 2.58. The van der Waals surface area contributed by atoms with E-state index in [9.17, 15) is 0 Å². The van der Waals surface area contributed by atoms with Gasteiger partial charge < -0.3 is 9.84 Å². The number of aromatic nitrogens is 1. The molecule has 0 bridgehead atoms. The van der Waals surface area contributed by atoms with Gasteiger partial charge in [0.25, 0.3) is 0 Å². The van der Waals surface area contributed by atoms with Gasteiger partial charge in [-0.05, 0) is 39.8 Å². The number of aryl methyl sites for hydroxylation is 2. The van der Waals surface area contributed by atoms with Crippen molar-refractivity contribution in [2.75, 3.05) is 19.6 Å². The number of piperidine rings is 1. The second-order valence-corrected chi connectivity index (χ2v) is 5.23. The van der Waals surface area contributed by atoms with Crippen LogP contribution in [0.25, 0.3) is 0 Å². The lowest BCUT2D eigenvalue weighted by atomic mass is 10.0. The van der Waals surface area contributed by atoms with E-state index >= 15 is 0 Å². The van der Waals surface area contributed by atoms with Crippen LogP contribution in [0.1, 0.15) is 43.2 Å². The van der Waals surface area contributed by atoms with E-state index in [4.69, 9.17) is 4.52 Å². The molecule has 0 amide bonds. The average molecular weight is 251 g/mol. The first-order valence-electron chi connectivity index (χ1n) is 7.09. The van der Waals surface area contributed by atoms with E-state index in [1.54, 1.807) is 0 Å². The molecule has 0 saturated carbocycles. The second-order valence-electron chi connectivity index (χ2n) is 5.23. The van der Waals surface area contributed by atoms with E-state index in [0.29, 0.717) is 6.04 Å². The zero-order valence-corrected chi connectivity index (χ0v) is 11.8. The molecule has 4 nitrogen and oxygen atoms in total. The Labute approximate surface area is 110 Å². The van der Waals surface area contributed by atoms with E-state index in [0.717, 1.165) is 31.1 Å². The van der Waals surface area contributed by atoms with E-state index in [1.807, 2.05) is 13.8 Å². The molecule has 2 heterocycles. The predicted molar refractivity (Wildman–Crippen MR) is 72.6 cm³/mol. The number of hydrogen-bond acceptors (Lipinski definition) is 4. The maximum Gasteiger partial charge on any atom is 0.138 e. The first kappa shape index (κ1) is 13.6. The first-order valence-corrected chi connectivity index (χ1v) is 7.09. The molecule has 1 aromatic rings. The molecule has 4 heteroatoms. The van der Waals surface area contributed by atoms with Gasteiger partial charge in [0, 0.05) is 24.7 Å². The summed E-state index contributed by atoms with van der Waals surface area (Å²) in [6, 6.07) is 0.660. The van der Waals surface area contributed by atoms with Gasteiger partial charge in [-0.3, -0.25) is 4.90 Å². The molecule has 1 fully saturated rings. The zero-order valence-electron chi connectivity index (χ0n) is 11.8. The number of hydrogen-bond donors (Lipinski definition) is 1. The Bertz CT molecular complexity index is 356. The lowest BCUT2D eigenvalue weighted by Crippen LogP contribution is -2.45. The van der Waals surface area contributed by atoms with Gasteiger partial charge in [-0.25, -0.2) is 0 Å². The van der Waals surface area contributed by atoms with Crippen LogP contribution in [-0.4, -0.2) is 35.7 Å². The van der Waals surface area contributed by atoms with Gasteiger partial charge in [0.1, 0.15) is 5.76 Å². The smallest absolute Gasteiger partial charge is 0.138 e. The Morgan fingerprint density at radius 1 is 1.39 bits per heavy atom. The van der Waals surface area contributed by atoms with Crippen LogP contribution in [0.3, 0.4) is 0 Å². The minimum absolute atomic E-state index is 0.660. The van der Waals surface area contributed by atoms with Crippen LogP contribution >= 0.6 is 0 Å². The van der Waals surface area contributed by atoms with Crippen molar-refractivity contribution < 1.29 is 4.52 Å². The van der Waals surface area contributed by atoms with Crippen molar-refractivity contribution >= 4 is 0 Å². The van der Waals surface area contributed by atoms with E-state index < -0.39 is 0 Å². The molecule has 1 unspecified atom stereocenters. The Kier molecular flexibility index (Phi) is 4.78. The molecule has 0 radical (unpaired) electrons. The molecule has 102 valence electrons. The van der Waals surface area contributed by atoms with Gasteiger partial charge in [-0.2, -0.15) is 0 Å². The minimum atomic E-state index is 0.660. The quantitative estimate of drug-likeness (QED) is 0.871. The van der Waals surface area contributed by atoms with Crippen LogP contribution in [0.5, 0.6) is 0 Å². The molecule has 1 aromatic heterocycles. The lowest BCUT2D eigenvalue weighted by Gasteiger charge is -2.35. The third kappa shape index (κ3) is 3.12. The Balaban J connectivity index is 2.01. The number of likely N-dealkylation sites (N-methyl/N-ethyl adjacent to an activating group) is 1. The highest BCUT2D eigenvalue weighted by atomic mass is 16.5. The molecule has 1 N–H and O–H groups in total. The fourth-order valence-electron chi connectivity index (χ4n) is 2.74. The molecule has 18 heavy (non-hydrogen) atoms. The van der Waals surface area contributed by atoms with E-state index in [-0.39, 0.29) is 0 Å². The van der Waals surface area contributed by atoms with E-state index in [1.165, 1.54) is 31.4 Å². The monoisotopic (exact) mass is 251 g/mol. The Morgan fingerprint density at radius 2 is 2.22 bits per heavy atom. The second kappa shape index (κ2) is 6.34. The van der Waals surface area contributed by atoms with Gasteiger partial charge in [-0.1, -0.05) is 18.5 Å². The normalized spacial score (nSPS) is 21.4. The fourth-order valence-corrected chi connectivity index (χ4v) is 2.74. The molecule has 1 aliphatic heterocycles. The van der Waals surface area contributed by atoms with Crippen molar-refractivity contribution in [2.45, 2.75) is 52.6 Å². The lowest BCUT2D eigenvalue weighted by molar-refractivity contribution is 0.137. The van der Waals surface area contributed by atoms with Crippen LogP contribution in [0.15, 0.2) is 4.52 Å². The average Bonchev–Trinajstić information content (AvgIpc) is 2.69. The van der Waals surface area contributed by atoms with Gasteiger partial charge in [-0.15, -0.1) is 0 Å². The fraction of sp³-hybridized carbons (Fsp3) is 0.786. The van der Waals surface area contributed by atoms with Crippen LogP contribution in [0, 0.1) is 13.8 Å². The molecule has 0 aliphatic carbocycles. The topological polar surface area (TPSA) is 41.3 Å². The number of rotatable bonds is 5. The van der Waals surface area contributed by atoms with Gasteiger partial charge in [0.2, 0.25) is 0 Å². The van der Waals surface area contributed by atoms with Gasteiger partial charge in [0.05, 0.1) is 5.69 Å². The summed E-state index contributed by atoms with van der Waals surface area (Å²) in [7, 11) is 0. The number of likely N-dealkylation sites (tertiary alicyclic amines) is 1. The van der Waals surface area contributed by atoms with Crippen LogP contribution < -0.4 is 5.32 Å².